The number of aromatic nitrogens is 1. The minimum atomic E-state index is 0.242. The number of aryl methyl sites for hydroxylation is 1. The van der Waals surface area contributed by atoms with E-state index in [1.165, 1.54) is 17.1 Å². The zero-order valence-electron chi connectivity index (χ0n) is 14.2. The predicted octanol–water partition coefficient (Wildman–Crippen LogP) is 2.53. The number of anilines is 1. The van der Waals surface area contributed by atoms with E-state index >= 15 is 0 Å². The van der Waals surface area contributed by atoms with E-state index in [-0.39, 0.29) is 5.91 Å². The number of para-hydroxylation sites is 1. The second-order valence-electron chi connectivity index (χ2n) is 6.34. The average molecular weight is 311 g/mol. The van der Waals surface area contributed by atoms with Crippen molar-refractivity contribution < 1.29 is 4.79 Å². The molecule has 1 aromatic heterocycles. The smallest absolute Gasteiger partial charge is 0.227 e. The first-order valence-electron chi connectivity index (χ1n) is 8.26. The van der Waals surface area contributed by atoms with Crippen molar-refractivity contribution in [2.24, 2.45) is 7.05 Å². The summed E-state index contributed by atoms with van der Waals surface area (Å²) in [7, 11) is 2.05. The Morgan fingerprint density at radius 3 is 2.26 bits per heavy atom. The third kappa shape index (κ3) is 3.26. The Hall–Kier alpha value is -2.23. The first-order chi connectivity index (χ1) is 11.1. The van der Waals surface area contributed by atoms with Gasteiger partial charge in [-0.3, -0.25) is 4.79 Å². The highest BCUT2D eigenvalue weighted by Gasteiger charge is 2.22. The van der Waals surface area contributed by atoms with E-state index < -0.39 is 0 Å². The molecule has 2 heterocycles. The van der Waals surface area contributed by atoms with Gasteiger partial charge < -0.3 is 14.4 Å². The second kappa shape index (κ2) is 6.49. The summed E-state index contributed by atoms with van der Waals surface area (Å²) in [5, 5.41) is 0. The maximum Gasteiger partial charge on any atom is 0.227 e. The lowest BCUT2D eigenvalue weighted by molar-refractivity contribution is -0.130. The van der Waals surface area contributed by atoms with Crippen molar-refractivity contribution in [3.05, 3.63) is 53.3 Å². The highest BCUT2D eigenvalue weighted by atomic mass is 16.2. The van der Waals surface area contributed by atoms with Gasteiger partial charge in [0.1, 0.15) is 0 Å². The number of benzene rings is 1. The number of amides is 1. The number of rotatable bonds is 3. The maximum absolute atomic E-state index is 12.6. The van der Waals surface area contributed by atoms with E-state index in [1.807, 2.05) is 11.0 Å². The Labute approximate surface area is 138 Å². The van der Waals surface area contributed by atoms with Crippen molar-refractivity contribution in [1.29, 1.82) is 0 Å². The number of nitrogens with zero attached hydrogens (tertiary/aromatic N) is 3. The highest BCUT2D eigenvalue weighted by Crippen LogP contribution is 2.18. The third-order valence-corrected chi connectivity index (χ3v) is 4.98. The molecule has 2 aromatic rings. The molecule has 1 aliphatic rings. The predicted molar refractivity (Wildman–Crippen MR) is 93.8 cm³/mol. The monoisotopic (exact) mass is 311 g/mol. The van der Waals surface area contributed by atoms with Gasteiger partial charge >= 0.3 is 0 Å². The molecule has 0 atom stereocenters. The average Bonchev–Trinajstić information content (AvgIpc) is 2.83. The maximum atomic E-state index is 12.6. The van der Waals surface area contributed by atoms with Crippen LogP contribution in [0.4, 0.5) is 5.69 Å². The molecule has 0 unspecified atom stereocenters. The van der Waals surface area contributed by atoms with Crippen molar-refractivity contribution in [3.8, 4) is 0 Å². The summed E-state index contributed by atoms with van der Waals surface area (Å²) in [6, 6.07) is 12.6. The number of hydrogen-bond donors (Lipinski definition) is 0. The van der Waals surface area contributed by atoms with Crippen molar-refractivity contribution in [2.45, 2.75) is 20.3 Å². The topological polar surface area (TPSA) is 28.5 Å². The molecule has 4 nitrogen and oxygen atoms in total. The largest absolute Gasteiger partial charge is 0.368 e. The van der Waals surface area contributed by atoms with Crippen LogP contribution in [0.15, 0.2) is 36.4 Å². The van der Waals surface area contributed by atoms with Crippen molar-refractivity contribution >= 4 is 11.6 Å². The summed E-state index contributed by atoms with van der Waals surface area (Å²) in [4.78, 5) is 16.9. The molecule has 0 saturated carbocycles. The Morgan fingerprint density at radius 1 is 1.04 bits per heavy atom. The molecule has 122 valence electrons. The molecule has 0 aliphatic carbocycles. The van der Waals surface area contributed by atoms with Gasteiger partial charge in [0.2, 0.25) is 5.91 Å². The Morgan fingerprint density at radius 2 is 1.70 bits per heavy atom. The Bertz CT molecular complexity index is 682. The first-order valence-corrected chi connectivity index (χ1v) is 8.26. The van der Waals surface area contributed by atoms with Crippen LogP contribution in [0.5, 0.6) is 0 Å². The van der Waals surface area contributed by atoms with Crippen LogP contribution in [-0.4, -0.2) is 41.6 Å². The molecule has 1 fully saturated rings. The summed E-state index contributed by atoms with van der Waals surface area (Å²) in [6.07, 6.45) is 0.513. The zero-order valence-corrected chi connectivity index (χ0v) is 14.2. The van der Waals surface area contributed by atoms with Crippen molar-refractivity contribution in [1.82, 2.24) is 9.47 Å². The number of hydrogen-bond acceptors (Lipinski definition) is 2. The summed E-state index contributed by atoms with van der Waals surface area (Å²) in [5.74, 6) is 0.242. The molecule has 0 N–H and O–H groups in total. The summed E-state index contributed by atoms with van der Waals surface area (Å²) >= 11 is 0. The minimum Gasteiger partial charge on any atom is -0.368 e. The molecule has 1 aliphatic heterocycles. The van der Waals surface area contributed by atoms with E-state index in [0.717, 1.165) is 31.7 Å². The van der Waals surface area contributed by atoms with Gasteiger partial charge in [-0.15, -0.1) is 0 Å². The Kier molecular flexibility index (Phi) is 4.42. The van der Waals surface area contributed by atoms with Gasteiger partial charge in [0.15, 0.2) is 0 Å². The lowest BCUT2D eigenvalue weighted by atomic mass is 10.1. The third-order valence-electron chi connectivity index (χ3n) is 4.98. The molecule has 0 radical (unpaired) electrons. The molecule has 4 heteroatoms. The fourth-order valence-electron chi connectivity index (χ4n) is 3.24. The quantitative estimate of drug-likeness (QED) is 0.871. The lowest BCUT2D eigenvalue weighted by Gasteiger charge is -2.36. The number of piperazine rings is 1. The molecule has 1 saturated heterocycles. The SMILES string of the molecule is Cc1cc(CC(=O)N2CCN(c3ccccc3)CC2)c(C)n1C. The normalized spacial score (nSPS) is 15.1. The van der Waals surface area contributed by atoms with Gasteiger partial charge in [0.05, 0.1) is 6.42 Å². The standard InChI is InChI=1S/C19H25N3O/c1-15-13-17(16(2)20(15)3)14-19(23)22-11-9-21(10-12-22)18-7-5-4-6-8-18/h4-8,13H,9-12,14H2,1-3H3. The van der Waals surface area contributed by atoms with Gasteiger partial charge in [0, 0.05) is 50.3 Å². The zero-order chi connectivity index (χ0) is 16.4. The van der Waals surface area contributed by atoms with Crippen molar-refractivity contribution in [3.63, 3.8) is 0 Å². The van der Waals surface area contributed by atoms with Crippen LogP contribution in [0.1, 0.15) is 17.0 Å². The molecule has 23 heavy (non-hydrogen) atoms. The van der Waals surface area contributed by atoms with E-state index in [2.05, 4.69) is 60.7 Å². The molecule has 3 rings (SSSR count). The van der Waals surface area contributed by atoms with Crippen LogP contribution in [0.25, 0.3) is 0 Å². The van der Waals surface area contributed by atoms with Gasteiger partial charge in [-0.25, -0.2) is 0 Å². The van der Waals surface area contributed by atoms with Gasteiger partial charge in [-0.05, 0) is 37.6 Å². The van der Waals surface area contributed by atoms with E-state index in [4.69, 9.17) is 0 Å². The van der Waals surface area contributed by atoms with Crippen LogP contribution in [0.2, 0.25) is 0 Å². The highest BCUT2D eigenvalue weighted by molar-refractivity contribution is 5.79. The molecular weight excluding hydrogens is 286 g/mol. The van der Waals surface area contributed by atoms with Crippen LogP contribution in [-0.2, 0) is 18.3 Å². The van der Waals surface area contributed by atoms with Gasteiger partial charge in [-0.2, -0.15) is 0 Å². The fourth-order valence-corrected chi connectivity index (χ4v) is 3.24. The fraction of sp³-hybridized carbons (Fsp3) is 0.421. The van der Waals surface area contributed by atoms with Crippen LogP contribution >= 0.6 is 0 Å². The van der Waals surface area contributed by atoms with Gasteiger partial charge in [0.25, 0.3) is 0 Å². The Balaban J connectivity index is 1.59. The molecule has 0 spiro atoms. The van der Waals surface area contributed by atoms with E-state index in [0.29, 0.717) is 6.42 Å². The van der Waals surface area contributed by atoms with E-state index in [9.17, 15) is 4.79 Å². The van der Waals surface area contributed by atoms with Crippen LogP contribution in [0, 0.1) is 13.8 Å². The molecular formula is C19H25N3O. The number of carbonyl (C=O) groups is 1. The second-order valence-corrected chi connectivity index (χ2v) is 6.34. The van der Waals surface area contributed by atoms with Crippen molar-refractivity contribution in [2.75, 3.05) is 31.1 Å². The summed E-state index contributed by atoms with van der Waals surface area (Å²) in [5.41, 5.74) is 4.80. The molecule has 0 bridgehead atoms. The minimum absolute atomic E-state index is 0.242. The number of carbonyl (C=O) groups excluding carboxylic acids is 1. The van der Waals surface area contributed by atoms with Gasteiger partial charge in [-0.1, -0.05) is 18.2 Å². The molecule has 1 amide bonds. The first kappa shape index (κ1) is 15.7. The summed E-state index contributed by atoms with van der Waals surface area (Å²) in [6.45, 7) is 7.59. The van der Waals surface area contributed by atoms with E-state index in [1.54, 1.807) is 0 Å². The summed E-state index contributed by atoms with van der Waals surface area (Å²) < 4.78 is 2.15. The van der Waals surface area contributed by atoms with Crippen LogP contribution < -0.4 is 4.90 Å². The molecule has 1 aromatic carbocycles. The van der Waals surface area contributed by atoms with Crippen LogP contribution in [0.3, 0.4) is 0 Å². The lowest BCUT2D eigenvalue weighted by Crippen LogP contribution is -2.49.